The first kappa shape index (κ1) is 17.9. The third-order valence-electron chi connectivity index (χ3n) is 3.77. The summed E-state index contributed by atoms with van der Waals surface area (Å²) in [4.78, 5) is 24.4. The van der Waals surface area contributed by atoms with Crippen LogP contribution in [0.2, 0.25) is 0 Å². The summed E-state index contributed by atoms with van der Waals surface area (Å²) in [7, 11) is 0. The summed E-state index contributed by atoms with van der Waals surface area (Å²) in [5.41, 5.74) is 4.84. The van der Waals surface area contributed by atoms with Gasteiger partial charge in [0.25, 0.3) is 0 Å². The average Bonchev–Trinajstić information content (AvgIpc) is 2.37. The Bertz CT molecular complexity index is 410. The maximum atomic E-state index is 12.4. The van der Waals surface area contributed by atoms with Gasteiger partial charge in [0.1, 0.15) is 0 Å². The maximum Gasteiger partial charge on any atom is 0.233 e. The summed E-state index contributed by atoms with van der Waals surface area (Å²) in [6.07, 6.45) is 4.73. The molecule has 21 heavy (non-hydrogen) atoms. The van der Waals surface area contributed by atoms with Crippen molar-refractivity contribution in [2.45, 2.75) is 64.8 Å². The van der Waals surface area contributed by atoms with Crippen LogP contribution in [0.15, 0.2) is 0 Å². The summed E-state index contributed by atoms with van der Waals surface area (Å²) in [6, 6.07) is 0. The van der Waals surface area contributed by atoms with E-state index in [1.807, 2.05) is 20.8 Å². The molecule has 0 radical (unpaired) electrons. The molecule has 0 aliphatic heterocycles. The average molecular weight is 313 g/mol. The minimum atomic E-state index is -0.714. The molecule has 1 rings (SSSR count). The van der Waals surface area contributed by atoms with Crippen molar-refractivity contribution in [3.8, 4) is 0 Å². The number of hydrogen-bond donors (Lipinski definition) is 3. The van der Waals surface area contributed by atoms with Gasteiger partial charge in [0.15, 0.2) is 0 Å². The van der Waals surface area contributed by atoms with Gasteiger partial charge in [-0.3, -0.25) is 9.59 Å². The Morgan fingerprint density at radius 3 is 2.24 bits per heavy atom. The van der Waals surface area contributed by atoms with Crippen molar-refractivity contribution in [3.05, 3.63) is 0 Å². The fraction of sp³-hybridized carbons (Fsp3) is 0.800. The number of carbonyl (C=O) groups is 2. The first-order valence-corrected chi connectivity index (χ1v) is 7.97. The highest BCUT2D eigenvalue weighted by Gasteiger charge is 2.42. The van der Waals surface area contributed by atoms with Gasteiger partial charge in [-0.05, 0) is 33.6 Å². The van der Waals surface area contributed by atoms with Crippen molar-refractivity contribution in [3.63, 3.8) is 0 Å². The van der Waals surface area contributed by atoms with Gasteiger partial charge in [-0.15, -0.1) is 0 Å². The van der Waals surface area contributed by atoms with Crippen LogP contribution in [0.25, 0.3) is 0 Å². The summed E-state index contributed by atoms with van der Waals surface area (Å²) in [6.45, 7) is 6.08. The van der Waals surface area contributed by atoms with Crippen LogP contribution in [0, 0.1) is 5.41 Å². The van der Waals surface area contributed by atoms with E-state index in [9.17, 15) is 9.59 Å². The first-order chi connectivity index (χ1) is 9.67. The molecule has 1 aliphatic carbocycles. The Labute approximate surface area is 132 Å². The van der Waals surface area contributed by atoms with Crippen molar-refractivity contribution in [1.29, 1.82) is 0 Å². The standard InChI is InChI=1S/C15H27N3O2S/c1-14(2,3)18-11(19)7-10-17-13(20)15(12(16)21)8-5-4-6-9-15/h4-10H2,1-3H3,(H2,16,21)(H,17,20)(H,18,19). The lowest BCUT2D eigenvalue weighted by Gasteiger charge is -2.34. The SMILES string of the molecule is CC(C)(C)NC(=O)CCNC(=O)C1(C(N)=S)CCCCC1. The van der Waals surface area contributed by atoms with Gasteiger partial charge in [0.2, 0.25) is 11.8 Å². The second-order valence-electron chi connectivity index (χ2n) is 6.81. The van der Waals surface area contributed by atoms with Gasteiger partial charge in [-0.25, -0.2) is 0 Å². The minimum absolute atomic E-state index is 0.0733. The minimum Gasteiger partial charge on any atom is -0.392 e. The van der Waals surface area contributed by atoms with Crippen LogP contribution < -0.4 is 16.4 Å². The topological polar surface area (TPSA) is 84.2 Å². The van der Waals surface area contributed by atoms with Crippen molar-refractivity contribution in [1.82, 2.24) is 10.6 Å². The molecule has 0 saturated heterocycles. The molecular formula is C15H27N3O2S. The predicted molar refractivity (Wildman–Crippen MR) is 87.8 cm³/mol. The van der Waals surface area contributed by atoms with Gasteiger partial charge >= 0.3 is 0 Å². The quantitative estimate of drug-likeness (QED) is 0.674. The Kier molecular flexibility index (Phi) is 6.13. The number of nitrogens with one attached hydrogen (secondary N) is 2. The van der Waals surface area contributed by atoms with E-state index in [4.69, 9.17) is 18.0 Å². The molecular weight excluding hydrogens is 286 g/mol. The van der Waals surface area contributed by atoms with Crippen LogP contribution >= 0.6 is 12.2 Å². The van der Waals surface area contributed by atoms with Crippen LogP contribution in [-0.2, 0) is 9.59 Å². The second kappa shape index (κ2) is 7.20. The van der Waals surface area contributed by atoms with E-state index >= 15 is 0 Å². The molecule has 120 valence electrons. The van der Waals surface area contributed by atoms with Gasteiger partial charge in [0.05, 0.1) is 10.4 Å². The lowest BCUT2D eigenvalue weighted by Crippen LogP contribution is -2.50. The molecule has 0 spiro atoms. The van der Waals surface area contributed by atoms with E-state index in [1.54, 1.807) is 0 Å². The molecule has 0 unspecified atom stereocenters. The lowest BCUT2D eigenvalue weighted by atomic mass is 9.73. The largest absolute Gasteiger partial charge is 0.392 e. The van der Waals surface area contributed by atoms with Gasteiger partial charge < -0.3 is 16.4 Å². The van der Waals surface area contributed by atoms with Gasteiger partial charge in [-0.1, -0.05) is 31.5 Å². The normalized spacial score (nSPS) is 17.9. The Morgan fingerprint density at radius 2 is 1.76 bits per heavy atom. The first-order valence-electron chi connectivity index (χ1n) is 7.57. The molecule has 0 atom stereocenters. The highest BCUT2D eigenvalue weighted by molar-refractivity contribution is 7.80. The van der Waals surface area contributed by atoms with E-state index in [-0.39, 0.29) is 28.8 Å². The van der Waals surface area contributed by atoms with Crippen molar-refractivity contribution in [2.75, 3.05) is 6.54 Å². The molecule has 1 aliphatic rings. The summed E-state index contributed by atoms with van der Waals surface area (Å²) in [5.74, 6) is -0.200. The maximum absolute atomic E-state index is 12.4. The Hall–Kier alpha value is -1.17. The molecule has 0 aromatic heterocycles. The third-order valence-corrected chi connectivity index (χ3v) is 4.16. The zero-order chi connectivity index (χ0) is 16.1. The number of carbonyl (C=O) groups excluding carboxylic acids is 2. The highest BCUT2D eigenvalue weighted by Crippen LogP contribution is 2.36. The smallest absolute Gasteiger partial charge is 0.233 e. The summed E-state index contributed by atoms with van der Waals surface area (Å²) in [5, 5.41) is 5.69. The molecule has 2 amide bonds. The summed E-state index contributed by atoms with van der Waals surface area (Å²) >= 11 is 5.12. The molecule has 6 heteroatoms. The van der Waals surface area contributed by atoms with Crippen LogP contribution in [0.3, 0.4) is 0 Å². The molecule has 5 nitrogen and oxygen atoms in total. The van der Waals surface area contributed by atoms with Gasteiger partial charge in [0, 0.05) is 18.5 Å². The molecule has 0 bridgehead atoms. The second-order valence-corrected chi connectivity index (χ2v) is 7.25. The molecule has 0 heterocycles. The number of thiocarbonyl (C=S) groups is 1. The third kappa shape index (κ3) is 5.26. The van der Waals surface area contributed by atoms with E-state index in [2.05, 4.69) is 10.6 Å². The summed E-state index contributed by atoms with van der Waals surface area (Å²) < 4.78 is 0. The number of rotatable bonds is 5. The van der Waals surface area contributed by atoms with Crippen LogP contribution in [-0.4, -0.2) is 28.9 Å². The molecule has 0 aromatic rings. The number of nitrogens with two attached hydrogens (primary N) is 1. The monoisotopic (exact) mass is 313 g/mol. The molecule has 0 aromatic carbocycles. The lowest BCUT2D eigenvalue weighted by molar-refractivity contribution is -0.129. The number of amides is 2. The highest BCUT2D eigenvalue weighted by atomic mass is 32.1. The fourth-order valence-electron chi connectivity index (χ4n) is 2.68. The fourth-order valence-corrected chi connectivity index (χ4v) is 2.98. The van der Waals surface area contributed by atoms with E-state index in [0.29, 0.717) is 19.4 Å². The van der Waals surface area contributed by atoms with Crippen LogP contribution in [0.5, 0.6) is 0 Å². The van der Waals surface area contributed by atoms with Gasteiger partial charge in [-0.2, -0.15) is 0 Å². The van der Waals surface area contributed by atoms with Crippen LogP contribution in [0.4, 0.5) is 0 Å². The Balaban J connectivity index is 2.48. The molecule has 1 fully saturated rings. The van der Waals surface area contributed by atoms with Crippen LogP contribution in [0.1, 0.15) is 59.3 Å². The van der Waals surface area contributed by atoms with E-state index in [0.717, 1.165) is 19.3 Å². The predicted octanol–water partition coefficient (Wildman–Crippen LogP) is 1.64. The van der Waals surface area contributed by atoms with Crippen molar-refractivity contribution >= 4 is 29.0 Å². The molecule has 4 N–H and O–H groups in total. The van der Waals surface area contributed by atoms with E-state index < -0.39 is 5.41 Å². The van der Waals surface area contributed by atoms with E-state index in [1.165, 1.54) is 0 Å². The molecule has 1 saturated carbocycles. The van der Waals surface area contributed by atoms with Crippen molar-refractivity contribution in [2.24, 2.45) is 11.1 Å². The zero-order valence-corrected chi connectivity index (χ0v) is 14.1. The Morgan fingerprint density at radius 1 is 1.19 bits per heavy atom. The van der Waals surface area contributed by atoms with Crippen molar-refractivity contribution < 1.29 is 9.59 Å². The number of hydrogen-bond acceptors (Lipinski definition) is 3. The zero-order valence-electron chi connectivity index (χ0n) is 13.3.